The minimum Gasteiger partial charge on any atom is -0.454 e. The number of nitrogens with one attached hydrogen (secondary N) is 1. The summed E-state index contributed by atoms with van der Waals surface area (Å²) in [6.45, 7) is 5.92. The van der Waals surface area contributed by atoms with Gasteiger partial charge in [-0.2, -0.15) is 0 Å². The Morgan fingerprint density at radius 3 is 2.45 bits per heavy atom. The first kappa shape index (κ1) is 14.5. The third-order valence-electron chi connectivity index (χ3n) is 3.45. The maximum Gasteiger partial charge on any atom is 0.166 e. The molecule has 1 N–H and O–H groups in total. The summed E-state index contributed by atoms with van der Waals surface area (Å²) in [6, 6.07) is 11.1. The lowest BCUT2D eigenvalue weighted by Crippen LogP contribution is -2.12. The Balaban J connectivity index is 2.28. The van der Waals surface area contributed by atoms with E-state index in [4.69, 9.17) is 4.74 Å². The molecule has 0 amide bonds. The third-order valence-corrected chi connectivity index (χ3v) is 3.45. The number of rotatable bonds is 4. The Bertz CT molecular complexity index is 610. The number of benzene rings is 2. The Labute approximate surface area is 119 Å². The second-order valence-corrected chi connectivity index (χ2v) is 5.07. The monoisotopic (exact) mass is 273 g/mol. The molecule has 2 aromatic rings. The molecule has 0 saturated heterocycles. The van der Waals surface area contributed by atoms with E-state index in [2.05, 4.69) is 5.32 Å². The number of halogens is 1. The van der Waals surface area contributed by atoms with Crippen LogP contribution in [-0.2, 0) is 0 Å². The molecule has 2 rings (SSSR count). The molecule has 2 aromatic carbocycles. The molecule has 0 aliphatic heterocycles. The molecule has 1 unspecified atom stereocenters. The van der Waals surface area contributed by atoms with Crippen LogP contribution >= 0.6 is 0 Å². The average molecular weight is 273 g/mol. The molecule has 1 atom stereocenters. The SMILES string of the molecule is CNC(C)c1ccc(Oc2cc(C)ccc2C)c(F)c1. The molecule has 0 aliphatic carbocycles. The minimum atomic E-state index is -0.342. The van der Waals surface area contributed by atoms with Gasteiger partial charge in [-0.1, -0.05) is 18.2 Å². The lowest BCUT2D eigenvalue weighted by Gasteiger charge is -2.14. The summed E-state index contributed by atoms with van der Waals surface area (Å²) in [7, 11) is 1.85. The van der Waals surface area contributed by atoms with Crippen molar-refractivity contribution in [3.8, 4) is 11.5 Å². The highest BCUT2D eigenvalue weighted by atomic mass is 19.1. The van der Waals surface area contributed by atoms with Crippen molar-refractivity contribution in [1.29, 1.82) is 0 Å². The molecule has 106 valence electrons. The molecular weight excluding hydrogens is 253 g/mol. The van der Waals surface area contributed by atoms with Crippen molar-refractivity contribution in [2.45, 2.75) is 26.8 Å². The van der Waals surface area contributed by atoms with Gasteiger partial charge in [-0.05, 0) is 62.7 Å². The van der Waals surface area contributed by atoms with E-state index in [1.54, 1.807) is 6.07 Å². The molecule has 0 saturated carbocycles. The fraction of sp³-hybridized carbons (Fsp3) is 0.294. The van der Waals surface area contributed by atoms with E-state index >= 15 is 0 Å². The summed E-state index contributed by atoms with van der Waals surface area (Å²) in [5.74, 6) is 0.606. The van der Waals surface area contributed by atoms with Crippen molar-refractivity contribution in [1.82, 2.24) is 5.32 Å². The zero-order valence-corrected chi connectivity index (χ0v) is 12.3. The standard InChI is InChI=1S/C17H20FNO/c1-11-5-6-12(2)17(9-11)20-16-8-7-14(10-15(16)18)13(3)19-4/h5-10,13,19H,1-4H3. The Kier molecular flexibility index (Phi) is 4.40. The fourth-order valence-corrected chi connectivity index (χ4v) is 1.97. The minimum absolute atomic E-state index is 0.110. The molecule has 3 heteroatoms. The van der Waals surface area contributed by atoms with E-state index in [0.717, 1.165) is 16.7 Å². The molecule has 0 bridgehead atoms. The third kappa shape index (κ3) is 3.17. The van der Waals surface area contributed by atoms with Crippen molar-refractivity contribution < 1.29 is 9.13 Å². The van der Waals surface area contributed by atoms with Gasteiger partial charge in [-0.3, -0.25) is 0 Å². The summed E-state index contributed by atoms with van der Waals surface area (Å²) >= 11 is 0. The molecule has 0 heterocycles. The Morgan fingerprint density at radius 1 is 1.05 bits per heavy atom. The molecule has 0 spiro atoms. The zero-order valence-electron chi connectivity index (χ0n) is 12.3. The Morgan fingerprint density at radius 2 is 1.80 bits per heavy atom. The van der Waals surface area contributed by atoms with Crippen LogP contribution in [0.25, 0.3) is 0 Å². The predicted octanol–water partition coefficient (Wildman–Crippen LogP) is 4.52. The van der Waals surface area contributed by atoms with Crippen molar-refractivity contribution in [2.24, 2.45) is 0 Å². The lowest BCUT2D eigenvalue weighted by atomic mass is 10.1. The van der Waals surface area contributed by atoms with Crippen LogP contribution in [0.15, 0.2) is 36.4 Å². The zero-order chi connectivity index (χ0) is 14.7. The maximum atomic E-state index is 14.1. The second-order valence-electron chi connectivity index (χ2n) is 5.07. The van der Waals surface area contributed by atoms with Crippen molar-refractivity contribution in [3.63, 3.8) is 0 Å². The van der Waals surface area contributed by atoms with Gasteiger partial charge >= 0.3 is 0 Å². The van der Waals surface area contributed by atoms with Gasteiger partial charge in [0, 0.05) is 6.04 Å². The van der Waals surface area contributed by atoms with Crippen LogP contribution in [0, 0.1) is 19.7 Å². The quantitative estimate of drug-likeness (QED) is 0.884. The van der Waals surface area contributed by atoms with Crippen molar-refractivity contribution in [3.05, 3.63) is 58.9 Å². The fourth-order valence-electron chi connectivity index (χ4n) is 1.97. The van der Waals surface area contributed by atoms with Crippen LogP contribution in [0.4, 0.5) is 4.39 Å². The number of hydrogen-bond donors (Lipinski definition) is 1. The van der Waals surface area contributed by atoms with Gasteiger partial charge in [0.15, 0.2) is 11.6 Å². The van der Waals surface area contributed by atoms with Gasteiger partial charge in [0.2, 0.25) is 0 Å². The topological polar surface area (TPSA) is 21.3 Å². The first-order chi connectivity index (χ1) is 9.51. The van der Waals surface area contributed by atoms with Crippen LogP contribution in [0.5, 0.6) is 11.5 Å². The summed E-state index contributed by atoms with van der Waals surface area (Å²) in [5, 5.41) is 3.09. The first-order valence-electron chi connectivity index (χ1n) is 6.73. The summed E-state index contributed by atoms with van der Waals surface area (Å²) in [6.07, 6.45) is 0. The molecule has 2 nitrogen and oxygen atoms in total. The lowest BCUT2D eigenvalue weighted by molar-refractivity contribution is 0.438. The molecule has 0 aromatic heterocycles. The number of ether oxygens (including phenoxy) is 1. The van der Waals surface area contributed by atoms with Gasteiger partial charge in [-0.15, -0.1) is 0 Å². The van der Waals surface area contributed by atoms with Crippen molar-refractivity contribution in [2.75, 3.05) is 7.05 Å². The first-order valence-corrected chi connectivity index (χ1v) is 6.73. The highest BCUT2D eigenvalue weighted by Crippen LogP contribution is 2.29. The number of hydrogen-bond acceptors (Lipinski definition) is 2. The average Bonchev–Trinajstić information content (AvgIpc) is 2.44. The smallest absolute Gasteiger partial charge is 0.166 e. The maximum absolute atomic E-state index is 14.1. The highest BCUT2D eigenvalue weighted by Gasteiger charge is 2.10. The van der Waals surface area contributed by atoms with Gasteiger partial charge in [0.1, 0.15) is 5.75 Å². The largest absolute Gasteiger partial charge is 0.454 e. The van der Waals surface area contributed by atoms with Crippen LogP contribution < -0.4 is 10.1 Å². The molecule has 20 heavy (non-hydrogen) atoms. The molecule has 0 aliphatic rings. The van der Waals surface area contributed by atoms with E-state index < -0.39 is 0 Å². The van der Waals surface area contributed by atoms with E-state index in [1.165, 1.54) is 6.07 Å². The second kappa shape index (κ2) is 6.06. The van der Waals surface area contributed by atoms with Gasteiger partial charge < -0.3 is 10.1 Å². The Hall–Kier alpha value is -1.87. The van der Waals surface area contributed by atoms with Crippen LogP contribution in [0.1, 0.15) is 29.7 Å². The summed E-state index contributed by atoms with van der Waals surface area (Å²) in [4.78, 5) is 0. The number of aryl methyl sites for hydroxylation is 2. The highest BCUT2D eigenvalue weighted by molar-refractivity contribution is 5.41. The summed E-state index contributed by atoms with van der Waals surface area (Å²) < 4.78 is 19.8. The van der Waals surface area contributed by atoms with E-state index in [9.17, 15) is 4.39 Å². The molecule has 0 fully saturated rings. The van der Waals surface area contributed by atoms with Gasteiger partial charge in [-0.25, -0.2) is 4.39 Å². The van der Waals surface area contributed by atoms with Gasteiger partial charge in [0.25, 0.3) is 0 Å². The van der Waals surface area contributed by atoms with Crippen LogP contribution in [-0.4, -0.2) is 7.05 Å². The van der Waals surface area contributed by atoms with Crippen LogP contribution in [0.2, 0.25) is 0 Å². The van der Waals surface area contributed by atoms with Crippen LogP contribution in [0.3, 0.4) is 0 Å². The van der Waals surface area contributed by atoms with Gasteiger partial charge in [0.05, 0.1) is 0 Å². The van der Waals surface area contributed by atoms with E-state index in [-0.39, 0.29) is 17.6 Å². The van der Waals surface area contributed by atoms with E-state index in [1.807, 2.05) is 52.1 Å². The normalized spacial score (nSPS) is 12.2. The summed E-state index contributed by atoms with van der Waals surface area (Å²) in [5.41, 5.74) is 2.98. The molecular formula is C17H20FNO. The predicted molar refractivity (Wildman–Crippen MR) is 79.9 cm³/mol. The van der Waals surface area contributed by atoms with E-state index in [0.29, 0.717) is 5.75 Å². The molecule has 0 radical (unpaired) electrons. The van der Waals surface area contributed by atoms with Crippen molar-refractivity contribution >= 4 is 0 Å².